The van der Waals surface area contributed by atoms with Crippen LogP contribution in [0.15, 0.2) is 10.6 Å². The Morgan fingerprint density at radius 3 is 2.29 bits per heavy atom. The lowest BCUT2D eigenvalue weighted by Crippen LogP contribution is -2.57. The molecule has 1 fully saturated rings. The van der Waals surface area contributed by atoms with E-state index in [9.17, 15) is 19.2 Å². The molecule has 186 valence electrons. The van der Waals surface area contributed by atoms with Gasteiger partial charge in [0.2, 0.25) is 11.8 Å². The van der Waals surface area contributed by atoms with Crippen molar-refractivity contribution in [3.05, 3.63) is 17.5 Å². The number of aromatic nitrogens is 1. The summed E-state index contributed by atoms with van der Waals surface area (Å²) in [6.45, 7) is 7.28. The third-order valence-corrected chi connectivity index (χ3v) is 5.21. The number of hydrogen-bond acceptors (Lipinski definition) is 8. The monoisotopic (exact) mass is 476 g/mol. The van der Waals surface area contributed by atoms with E-state index in [-0.39, 0.29) is 30.4 Å². The minimum atomic E-state index is -1.13. The van der Waals surface area contributed by atoms with Crippen LogP contribution in [0.25, 0.3) is 0 Å². The molecule has 0 aliphatic carbocycles. The molecule has 11 nitrogen and oxygen atoms in total. The maximum atomic E-state index is 13.0. The van der Waals surface area contributed by atoms with Crippen molar-refractivity contribution in [2.45, 2.75) is 64.3 Å². The summed E-state index contributed by atoms with van der Waals surface area (Å²) in [7, 11) is 1.36. The number of methoxy groups -OCH3 is 1. The third-order valence-electron chi connectivity index (χ3n) is 5.21. The van der Waals surface area contributed by atoms with Gasteiger partial charge in [-0.1, -0.05) is 19.0 Å². The SMILES string of the molecule is C#CC[C@H](NC(=O)[C@H](COC)NC(=O)c1cc(C)on1)C(=O)N[C@@H](CC(C)C)C(=O)[C@@]1(C)CO1. The number of nitrogens with one attached hydrogen (secondary N) is 3. The van der Waals surface area contributed by atoms with Crippen LogP contribution in [0.5, 0.6) is 0 Å². The van der Waals surface area contributed by atoms with Gasteiger partial charge in [-0.3, -0.25) is 19.2 Å². The largest absolute Gasteiger partial charge is 0.382 e. The van der Waals surface area contributed by atoms with Crippen molar-refractivity contribution in [1.82, 2.24) is 21.1 Å². The number of terminal acetylenes is 1. The van der Waals surface area contributed by atoms with Gasteiger partial charge in [0.05, 0.1) is 19.3 Å². The molecular formula is C23H32N4O7. The van der Waals surface area contributed by atoms with E-state index in [1.165, 1.54) is 13.2 Å². The number of amides is 3. The molecule has 11 heteroatoms. The summed E-state index contributed by atoms with van der Waals surface area (Å²) >= 11 is 0. The molecule has 0 saturated carbocycles. The summed E-state index contributed by atoms with van der Waals surface area (Å²) in [4.78, 5) is 51.1. The fraction of sp³-hybridized carbons (Fsp3) is 0.609. The number of hydrogen-bond donors (Lipinski definition) is 3. The number of carbonyl (C=O) groups excluding carboxylic acids is 4. The second-order valence-corrected chi connectivity index (χ2v) is 8.85. The second kappa shape index (κ2) is 11.8. The van der Waals surface area contributed by atoms with Crippen molar-refractivity contribution in [3.63, 3.8) is 0 Å². The lowest BCUT2D eigenvalue weighted by atomic mass is 9.93. The highest BCUT2D eigenvalue weighted by molar-refractivity contribution is 5.99. The van der Waals surface area contributed by atoms with E-state index in [0.29, 0.717) is 18.8 Å². The third kappa shape index (κ3) is 7.40. The van der Waals surface area contributed by atoms with Crippen LogP contribution >= 0.6 is 0 Å². The van der Waals surface area contributed by atoms with Gasteiger partial charge in [-0.15, -0.1) is 12.3 Å². The number of ether oxygens (including phenoxy) is 2. The van der Waals surface area contributed by atoms with Crippen LogP contribution in [0.3, 0.4) is 0 Å². The van der Waals surface area contributed by atoms with Crippen LogP contribution in [0.4, 0.5) is 0 Å². The maximum absolute atomic E-state index is 13.0. The van der Waals surface area contributed by atoms with Gasteiger partial charge in [-0.2, -0.15) is 0 Å². The van der Waals surface area contributed by atoms with Gasteiger partial charge in [0.25, 0.3) is 5.91 Å². The highest BCUT2D eigenvalue weighted by Gasteiger charge is 2.50. The van der Waals surface area contributed by atoms with Gasteiger partial charge >= 0.3 is 0 Å². The Morgan fingerprint density at radius 2 is 1.79 bits per heavy atom. The van der Waals surface area contributed by atoms with E-state index >= 15 is 0 Å². The minimum absolute atomic E-state index is 0.00449. The minimum Gasteiger partial charge on any atom is -0.382 e. The zero-order chi connectivity index (χ0) is 25.5. The van der Waals surface area contributed by atoms with E-state index in [1.54, 1.807) is 13.8 Å². The molecule has 1 aromatic heterocycles. The molecule has 0 aromatic carbocycles. The molecule has 4 atom stereocenters. The molecule has 2 heterocycles. The summed E-state index contributed by atoms with van der Waals surface area (Å²) in [5.74, 6) is 0.741. The lowest BCUT2D eigenvalue weighted by Gasteiger charge is -2.25. The quantitative estimate of drug-likeness (QED) is 0.268. The Morgan fingerprint density at radius 1 is 1.18 bits per heavy atom. The van der Waals surface area contributed by atoms with Crippen LogP contribution in [-0.4, -0.2) is 72.7 Å². The number of carbonyl (C=O) groups is 4. The molecule has 0 unspecified atom stereocenters. The van der Waals surface area contributed by atoms with Crippen LogP contribution in [0, 0.1) is 25.2 Å². The number of rotatable bonds is 13. The lowest BCUT2D eigenvalue weighted by molar-refractivity contribution is -0.133. The molecule has 1 aliphatic rings. The Kier molecular flexibility index (Phi) is 9.35. The number of aryl methyl sites for hydroxylation is 1. The van der Waals surface area contributed by atoms with Crippen LogP contribution < -0.4 is 16.0 Å². The van der Waals surface area contributed by atoms with Crippen LogP contribution in [-0.2, 0) is 23.9 Å². The van der Waals surface area contributed by atoms with Crippen molar-refractivity contribution < 1.29 is 33.2 Å². The zero-order valence-corrected chi connectivity index (χ0v) is 20.1. The number of Topliss-reactive ketones (excluding diaryl/α,β-unsaturated/α-hetero) is 1. The van der Waals surface area contributed by atoms with Gasteiger partial charge in [0, 0.05) is 19.6 Å². The highest BCUT2D eigenvalue weighted by Crippen LogP contribution is 2.29. The fourth-order valence-corrected chi connectivity index (χ4v) is 3.25. The average Bonchev–Trinajstić information content (AvgIpc) is 3.37. The van der Waals surface area contributed by atoms with Gasteiger partial charge in [-0.25, -0.2) is 0 Å². The van der Waals surface area contributed by atoms with E-state index in [4.69, 9.17) is 20.4 Å². The molecule has 3 amide bonds. The molecule has 0 bridgehead atoms. The van der Waals surface area contributed by atoms with E-state index in [1.807, 2.05) is 13.8 Å². The van der Waals surface area contributed by atoms with E-state index in [2.05, 4.69) is 27.0 Å². The summed E-state index contributed by atoms with van der Waals surface area (Å²) in [6.07, 6.45) is 5.69. The summed E-state index contributed by atoms with van der Waals surface area (Å²) in [5, 5.41) is 11.4. The van der Waals surface area contributed by atoms with Crippen molar-refractivity contribution in [1.29, 1.82) is 0 Å². The Labute approximate surface area is 198 Å². The summed E-state index contributed by atoms with van der Waals surface area (Å²) in [6, 6.07) is -1.63. The van der Waals surface area contributed by atoms with Gasteiger partial charge in [0.15, 0.2) is 11.5 Å². The van der Waals surface area contributed by atoms with Crippen molar-refractivity contribution >= 4 is 23.5 Å². The Balaban J connectivity index is 2.09. The van der Waals surface area contributed by atoms with Crippen molar-refractivity contribution in [2.24, 2.45) is 5.92 Å². The first kappa shape index (κ1) is 27.0. The number of epoxide rings is 1. The molecule has 0 spiro atoms. The predicted octanol–water partition coefficient (Wildman–Crippen LogP) is 0.125. The fourth-order valence-electron chi connectivity index (χ4n) is 3.25. The normalized spacial score (nSPS) is 19.4. The molecular weight excluding hydrogens is 444 g/mol. The molecule has 34 heavy (non-hydrogen) atoms. The second-order valence-electron chi connectivity index (χ2n) is 8.85. The predicted molar refractivity (Wildman–Crippen MR) is 121 cm³/mol. The molecule has 1 aromatic rings. The molecule has 3 N–H and O–H groups in total. The topological polar surface area (TPSA) is 152 Å². The van der Waals surface area contributed by atoms with Crippen LogP contribution in [0.1, 0.15) is 49.9 Å². The first-order valence-electron chi connectivity index (χ1n) is 11.0. The number of nitrogens with zero attached hydrogens (tertiary/aromatic N) is 1. The molecule has 0 radical (unpaired) electrons. The van der Waals surface area contributed by atoms with Crippen molar-refractivity contribution in [2.75, 3.05) is 20.3 Å². The Hall–Kier alpha value is -3.23. The summed E-state index contributed by atoms with van der Waals surface area (Å²) < 4.78 is 15.1. The van der Waals surface area contributed by atoms with E-state index in [0.717, 1.165) is 0 Å². The molecule has 1 aliphatic heterocycles. The average molecular weight is 477 g/mol. The zero-order valence-electron chi connectivity index (χ0n) is 20.1. The maximum Gasteiger partial charge on any atom is 0.274 e. The number of ketones is 1. The highest BCUT2D eigenvalue weighted by atomic mass is 16.6. The Bertz CT molecular complexity index is 945. The van der Waals surface area contributed by atoms with Gasteiger partial charge < -0.3 is 29.9 Å². The smallest absolute Gasteiger partial charge is 0.274 e. The summed E-state index contributed by atoms with van der Waals surface area (Å²) in [5.41, 5.74) is -0.916. The first-order valence-corrected chi connectivity index (χ1v) is 11.0. The van der Waals surface area contributed by atoms with Crippen LogP contribution in [0.2, 0.25) is 0 Å². The van der Waals surface area contributed by atoms with Crippen molar-refractivity contribution in [3.8, 4) is 12.3 Å². The molecule has 2 rings (SSSR count). The van der Waals surface area contributed by atoms with E-state index < -0.39 is 41.4 Å². The molecule has 1 saturated heterocycles. The standard InChI is InChI=1S/C23H32N4O7/c1-7-8-15(20(29)25-16(9-13(2)3)19(28)23(5)12-33-23)24-22(31)18(11-32-6)26-21(30)17-10-14(4)34-27-17/h1,10,13,15-16,18H,8-9,11-12H2,2-6H3,(H,24,31)(H,25,29)(H,26,30)/t15-,16-,18-,23+/m0/s1. The first-order chi connectivity index (χ1) is 16.0. The van der Waals surface area contributed by atoms with Gasteiger partial charge in [-0.05, 0) is 26.2 Å². The van der Waals surface area contributed by atoms with Gasteiger partial charge in [0.1, 0.15) is 23.4 Å².